The Hall–Kier alpha value is -3.13. The van der Waals surface area contributed by atoms with Crippen molar-refractivity contribution in [3.05, 3.63) is 48.3 Å². The predicted octanol–water partition coefficient (Wildman–Crippen LogP) is 1.34. The van der Waals surface area contributed by atoms with E-state index < -0.39 is 18.4 Å². The summed E-state index contributed by atoms with van der Waals surface area (Å²) in [6.45, 7) is -0.557. The summed E-state index contributed by atoms with van der Waals surface area (Å²) >= 11 is 0. The summed E-state index contributed by atoms with van der Waals surface area (Å²) in [5.41, 5.74) is 1.37. The number of carbonyl (C=O) groups is 2. The number of carboxylic acid groups (broad SMARTS) is 1. The average Bonchev–Trinajstić information content (AvgIpc) is 3.01. The van der Waals surface area contributed by atoms with Gasteiger partial charge < -0.3 is 15.5 Å². The summed E-state index contributed by atoms with van der Waals surface area (Å²) in [5, 5.41) is 25.1. The van der Waals surface area contributed by atoms with Crippen molar-refractivity contribution in [1.82, 2.24) is 19.9 Å². The van der Waals surface area contributed by atoms with Gasteiger partial charge in [-0.1, -0.05) is 30.3 Å². The molecule has 3 aromatic rings. The molecule has 9 heteroatoms. The van der Waals surface area contributed by atoms with E-state index in [1.54, 1.807) is 0 Å². The highest BCUT2D eigenvalue weighted by atomic mass is 35.5. The minimum atomic E-state index is -1.18. The maximum absolute atomic E-state index is 12.1. The van der Waals surface area contributed by atoms with Crippen LogP contribution in [-0.4, -0.2) is 43.2 Å². The van der Waals surface area contributed by atoms with Crippen LogP contribution in [0.25, 0.3) is 16.9 Å². The first-order valence-electron chi connectivity index (χ1n) is 6.69. The monoisotopic (exact) mass is 348 g/mol. The molecule has 0 atom stereocenters. The molecule has 8 nitrogen and oxygen atoms in total. The number of nitrogens with zero attached hydrogens (tertiary/aromatic N) is 3. The van der Waals surface area contributed by atoms with Gasteiger partial charge in [0.2, 0.25) is 0 Å². The van der Waals surface area contributed by atoms with Crippen LogP contribution in [0.3, 0.4) is 0 Å². The topological polar surface area (TPSA) is 117 Å². The molecule has 0 spiro atoms. The summed E-state index contributed by atoms with van der Waals surface area (Å²) in [6.07, 6.45) is 1.26. The highest BCUT2D eigenvalue weighted by molar-refractivity contribution is 6.03. The Labute approximate surface area is 142 Å². The third-order valence-electron chi connectivity index (χ3n) is 3.23. The zero-order valence-electron chi connectivity index (χ0n) is 12.2. The van der Waals surface area contributed by atoms with Gasteiger partial charge in [0.15, 0.2) is 5.65 Å². The number of benzene rings is 1. The molecule has 0 unspecified atom stereocenters. The number of carbonyl (C=O) groups excluding carboxylic acids is 1. The number of nitrogens with one attached hydrogen (secondary N) is 1. The Balaban J connectivity index is 0.00000208. The van der Waals surface area contributed by atoms with Crippen molar-refractivity contribution in [2.24, 2.45) is 0 Å². The van der Waals surface area contributed by atoms with Gasteiger partial charge in [-0.25, -0.2) is 9.50 Å². The molecule has 0 fully saturated rings. The molecule has 124 valence electrons. The number of pyridine rings is 1. The van der Waals surface area contributed by atoms with Gasteiger partial charge in [-0.3, -0.25) is 9.59 Å². The second-order valence-electron chi connectivity index (χ2n) is 4.73. The molecule has 0 radical (unpaired) electrons. The number of hydrogen-bond acceptors (Lipinski definition) is 5. The molecule has 0 aliphatic rings. The van der Waals surface area contributed by atoms with Gasteiger partial charge in [-0.15, -0.1) is 12.4 Å². The number of hydrogen-bond donors (Lipinski definition) is 3. The molecule has 3 rings (SSSR count). The first kappa shape index (κ1) is 17.2. The molecule has 0 saturated heterocycles. The average molecular weight is 349 g/mol. The van der Waals surface area contributed by atoms with Crippen LogP contribution in [-0.2, 0) is 4.79 Å². The van der Waals surface area contributed by atoms with Crippen molar-refractivity contribution in [2.75, 3.05) is 6.54 Å². The lowest BCUT2D eigenvalue weighted by molar-refractivity contribution is -0.135. The number of halogens is 1. The first-order chi connectivity index (χ1) is 11.1. The van der Waals surface area contributed by atoms with E-state index in [4.69, 9.17) is 5.11 Å². The maximum atomic E-state index is 12.1. The van der Waals surface area contributed by atoms with E-state index in [9.17, 15) is 14.7 Å². The highest BCUT2D eigenvalue weighted by Gasteiger charge is 2.21. The smallest absolute Gasteiger partial charge is 0.322 e. The van der Waals surface area contributed by atoms with E-state index in [-0.39, 0.29) is 29.4 Å². The van der Waals surface area contributed by atoms with Gasteiger partial charge in [0.1, 0.15) is 24.2 Å². The number of amides is 1. The van der Waals surface area contributed by atoms with Gasteiger partial charge in [0.05, 0.1) is 5.69 Å². The maximum Gasteiger partial charge on any atom is 0.322 e. The van der Waals surface area contributed by atoms with Crippen molar-refractivity contribution in [2.45, 2.75) is 0 Å². The Morgan fingerprint density at radius 3 is 2.58 bits per heavy atom. The SMILES string of the molecule is Cl.O=C(O)CNC(=O)c1c(O)cc(-c2ccccc2)n2ncnc12. The minimum Gasteiger partial charge on any atom is -0.507 e. The zero-order chi connectivity index (χ0) is 16.4. The van der Waals surface area contributed by atoms with Crippen molar-refractivity contribution < 1.29 is 19.8 Å². The summed E-state index contributed by atoms with van der Waals surface area (Å²) in [5.74, 6) is -2.22. The van der Waals surface area contributed by atoms with Crippen LogP contribution in [0.2, 0.25) is 0 Å². The summed E-state index contributed by atoms with van der Waals surface area (Å²) in [6, 6.07) is 10.6. The van der Waals surface area contributed by atoms with Crippen LogP contribution >= 0.6 is 12.4 Å². The van der Waals surface area contributed by atoms with E-state index in [2.05, 4.69) is 15.4 Å². The van der Waals surface area contributed by atoms with Crippen molar-refractivity contribution in [3.63, 3.8) is 0 Å². The Bertz CT molecular complexity index is 895. The van der Waals surface area contributed by atoms with E-state index in [1.807, 2.05) is 30.3 Å². The Kier molecular flexibility index (Phi) is 5.00. The molecule has 2 heterocycles. The lowest BCUT2D eigenvalue weighted by Crippen LogP contribution is -2.29. The molecule has 0 aliphatic heterocycles. The van der Waals surface area contributed by atoms with Gasteiger partial charge >= 0.3 is 5.97 Å². The summed E-state index contributed by atoms with van der Waals surface area (Å²) < 4.78 is 1.42. The molecule has 24 heavy (non-hydrogen) atoms. The summed E-state index contributed by atoms with van der Waals surface area (Å²) in [4.78, 5) is 26.7. The quantitative estimate of drug-likeness (QED) is 0.655. The van der Waals surface area contributed by atoms with Crippen molar-refractivity contribution in [1.29, 1.82) is 0 Å². The van der Waals surface area contributed by atoms with Crippen LogP contribution in [0, 0.1) is 0 Å². The zero-order valence-corrected chi connectivity index (χ0v) is 13.0. The third-order valence-corrected chi connectivity index (χ3v) is 3.23. The molecule has 1 amide bonds. The number of fused-ring (bicyclic) bond motifs is 1. The van der Waals surface area contributed by atoms with Crippen LogP contribution < -0.4 is 5.32 Å². The van der Waals surface area contributed by atoms with Crippen LogP contribution in [0.15, 0.2) is 42.7 Å². The van der Waals surface area contributed by atoms with Gasteiger partial charge in [-0.05, 0) is 0 Å². The molecular weight excluding hydrogens is 336 g/mol. The van der Waals surface area contributed by atoms with Gasteiger partial charge in [0, 0.05) is 11.6 Å². The Morgan fingerprint density at radius 1 is 1.21 bits per heavy atom. The number of carboxylic acids is 1. The predicted molar refractivity (Wildman–Crippen MR) is 87.3 cm³/mol. The molecule has 0 bridgehead atoms. The van der Waals surface area contributed by atoms with E-state index in [0.29, 0.717) is 5.69 Å². The summed E-state index contributed by atoms with van der Waals surface area (Å²) in [7, 11) is 0. The lowest BCUT2D eigenvalue weighted by atomic mass is 10.1. The van der Waals surface area contributed by atoms with Crippen molar-refractivity contribution in [3.8, 4) is 17.0 Å². The fraction of sp³-hybridized carbons (Fsp3) is 0.0667. The van der Waals surface area contributed by atoms with Crippen molar-refractivity contribution >= 4 is 29.9 Å². The molecule has 0 saturated carbocycles. The van der Waals surface area contributed by atoms with Crippen LogP contribution in [0.5, 0.6) is 5.75 Å². The fourth-order valence-corrected chi connectivity index (χ4v) is 2.24. The Morgan fingerprint density at radius 2 is 1.92 bits per heavy atom. The third kappa shape index (κ3) is 3.13. The number of aliphatic carboxylic acids is 1. The van der Waals surface area contributed by atoms with Crippen LogP contribution in [0.1, 0.15) is 10.4 Å². The van der Waals surface area contributed by atoms with E-state index in [1.165, 1.54) is 16.9 Å². The second-order valence-corrected chi connectivity index (χ2v) is 4.73. The molecule has 1 aromatic carbocycles. The first-order valence-corrected chi connectivity index (χ1v) is 6.69. The molecular formula is C15H13ClN4O4. The number of aromatic nitrogens is 3. The minimum absolute atomic E-state index is 0. The van der Waals surface area contributed by atoms with Gasteiger partial charge in [0.25, 0.3) is 5.91 Å². The molecule has 3 N–H and O–H groups in total. The van der Waals surface area contributed by atoms with E-state index >= 15 is 0 Å². The standard InChI is InChI=1S/C15H12N4O4.ClH/c20-11-6-10(9-4-2-1-3-5-9)19-14(17-8-18-19)13(11)15(23)16-7-12(21)22;/h1-6,8,20H,7H2,(H,16,23)(H,21,22);1H. The van der Waals surface area contributed by atoms with E-state index in [0.717, 1.165) is 5.56 Å². The highest BCUT2D eigenvalue weighted by Crippen LogP contribution is 2.28. The normalized spacial score (nSPS) is 10.2. The largest absolute Gasteiger partial charge is 0.507 e. The van der Waals surface area contributed by atoms with Crippen LogP contribution in [0.4, 0.5) is 0 Å². The number of rotatable bonds is 4. The molecule has 2 aromatic heterocycles. The second kappa shape index (κ2) is 6.97. The lowest BCUT2D eigenvalue weighted by Gasteiger charge is -2.10. The number of aromatic hydroxyl groups is 1. The van der Waals surface area contributed by atoms with Gasteiger partial charge in [-0.2, -0.15) is 5.10 Å². The molecule has 0 aliphatic carbocycles. The fourth-order valence-electron chi connectivity index (χ4n) is 2.24.